The fraction of sp³-hybridized carbons (Fsp3) is 0.400. The van der Waals surface area contributed by atoms with Crippen molar-refractivity contribution in [2.45, 2.75) is 26.8 Å². The van der Waals surface area contributed by atoms with Crippen molar-refractivity contribution in [1.29, 1.82) is 0 Å². The van der Waals surface area contributed by atoms with Crippen LogP contribution in [0.5, 0.6) is 17.2 Å². The lowest BCUT2D eigenvalue weighted by molar-refractivity contribution is -0.132. The maximum absolute atomic E-state index is 13.7. The highest BCUT2D eigenvalue weighted by molar-refractivity contribution is 7.11. The van der Waals surface area contributed by atoms with Crippen molar-refractivity contribution < 1.29 is 28.5 Å². The van der Waals surface area contributed by atoms with Crippen LogP contribution in [0.15, 0.2) is 54.6 Å². The van der Waals surface area contributed by atoms with Crippen molar-refractivity contribution in [2.24, 2.45) is 0 Å². The number of hydrogen-bond donors (Lipinski definition) is 1. The van der Waals surface area contributed by atoms with Crippen LogP contribution in [0.25, 0.3) is 0 Å². The minimum Gasteiger partial charge on any atom is -0.494 e. The van der Waals surface area contributed by atoms with Crippen molar-refractivity contribution >= 4 is 29.0 Å². The molecule has 1 aromatic heterocycles. The molecular formula is C30H39N3O6S. The van der Waals surface area contributed by atoms with Gasteiger partial charge in [-0.3, -0.25) is 4.79 Å². The summed E-state index contributed by atoms with van der Waals surface area (Å²) in [6, 6.07) is 16.6. The highest BCUT2D eigenvalue weighted by Gasteiger charge is 2.22. The fourth-order valence-corrected chi connectivity index (χ4v) is 4.98. The van der Waals surface area contributed by atoms with Crippen LogP contribution >= 0.6 is 11.3 Å². The van der Waals surface area contributed by atoms with Gasteiger partial charge >= 0.3 is 6.03 Å². The van der Waals surface area contributed by atoms with Gasteiger partial charge < -0.3 is 34.1 Å². The Kier molecular flexibility index (Phi) is 12.1. The SMILES string of the molecule is CCOc1ccc(NC(=O)N(CCOC)CC(=O)N(CCc2ccc(OC)c(OC)c2)Cc2ccc(C)s2)cc1. The number of urea groups is 1. The van der Waals surface area contributed by atoms with Crippen molar-refractivity contribution in [3.05, 3.63) is 69.9 Å². The molecule has 0 unspecified atom stereocenters. The van der Waals surface area contributed by atoms with Gasteiger partial charge in [0.1, 0.15) is 12.3 Å². The number of rotatable bonds is 15. The first kappa shape index (κ1) is 30.8. The number of carbonyl (C=O) groups is 2. The zero-order chi connectivity index (χ0) is 28.9. The minimum atomic E-state index is -0.374. The van der Waals surface area contributed by atoms with Gasteiger partial charge in [0.25, 0.3) is 0 Å². The second kappa shape index (κ2) is 15.7. The molecular weight excluding hydrogens is 530 g/mol. The van der Waals surface area contributed by atoms with Crippen LogP contribution in [0.3, 0.4) is 0 Å². The van der Waals surface area contributed by atoms with Gasteiger partial charge in [0.05, 0.1) is 34.0 Å². The third-order valence-electron chi connectivity index (χ3n) is 6.21. The van der Waals surface area contributed by atoms with Crippen LogP contribution in [0, 0.1) is 6.92 Å². The summed E-state index contributed by atoms with van der Waals surface area (Å²) in [4.78, 5) is 32.4. The van der Waals surface area contributed by atoms with Gasteiger partial charge in [-0.2, -0.15) is 0 Å². The topological polar surface area (TPSA) is 89.6 Å². The summed E-state index contributed by atoms with van der Waals surface area (Å²) in [5.41, 5.74) is 1.63. The summed E-state index contributed by atoms with van der Waals surface area (Å²) in [6.07, 6.45) is 0.618. The van der Waals surface area contributed by atoms with E-state index in [9.17, 15) is 9.59 Å². The molecule has 0 saturated carbocycles. The van der Waals surface area contributed by atoms with Gasteiger partial charge in [0.15, 0.2) is 11.5 Å². The number of carbonyl (C=O) groups excluding carboxylic acids is 2. The quantitative estimate of drug-likeness (QED) is 0.270. The van der Waals surface area contributed by atoms with Gasteiger partial charge in [0.2, 0.25) is 5.91 Å². The number of nitrogens with one attached hydrogen (secondary N) is 1. The first-order valence-corrected chi connectivity index (χ1v) is 14.0. The lowest BCUT2D eigenvalue weighted by Crippen LogP contribution is -2.46. The third kappa shape index (κ3) is 9.17. The van der Waals surface area contributed by atoms with E-state index in [0.717, 1.165) is 16.2 Å². The molecule has 2 aromatic carbocycles. The molecule has 0 saturated heterocycles. The monoisotopic (exact) mass is 569 g/mol. The molecule has 1 N–H and O–H groups in total. The van der Waals surface area contributed by atoms with Crippen molar-refractivity contribution in [3.8, 4) is 17.2 Å². The van der Waals surface area contributed by atoms with Gasteiger partial charge in [-0.25, -0.2) is 4.79 Å². The number of ether oxygens (including phenoxy) is 4. The lowest BCUT2D eigenvalue weighted by atomic mass is 10.1. The summed E-state index contributed by atoms with van der Waals surface area (Å²) in [7, 11) is 4.77. The van der Waals surface area contributed by atoms with E-state index < -0.39 is 0 Å². The molecule has 0 atom stereocenters. The summed E-state index contributed by atoms with van der Waals surface area (Å²) < 4.78 is 21.5. The average molecular weight is 570 g/mol. The molecule has 40 heavy (non-hydrogen) atoms. The van der Waals surface area contributed by atoms with Crippen LogP contribution in [-0.4, -0.2) is 75.9 Å². The number of nitrogens with zero attached hydrogens (tertiary/aromatic N) is 2. The molecule has 3 amide bonds. The van der Waals surface area contributed by atoms with Gasteiger partial charge in [-0.15, -0.1) is 11.3 Å². The molecule has 0 bridgehead atoms. The van der Waals surface area contributed by atoms with Crippen molar-refractivity contribution in [1.82, 2.24) is 9.80 Å². The van der Waals surface area contributed by atoms with Crippen LogP contribution in [0.1, 0.15) is 22.2 Å². The van der Waals surface area contributed by atoms with Crippen LogP contribution in [0.4, 0.5) is 10.5 Å². The molecule has 0 aliphatic rings. The Bertz CT molecular complexity index is 1230. The lowest BCUT2D eigenvalue weighted by Gasteiger charge is -2.28. The number of hydrogen-bond acceptors (Lipinski definition) is 7. The van der Waals surface area contributed by atoms with Crippen LogP contribution in [0.2, 0.25) is 0 Å². The second-order valence-corrected chi connectivity index (χ2v) is 10.4. The average Bonchev–Trinajstić information content (AvgIpc) is 3.38. The highest BCUT2D eigenvalue weighted by atomic mass is 32.1. The first-order valence-electron chi connectivity index (χ1n) is 13.2. The standard InChI is InChI=1S/C30H39N3O6S/c1-6-39-25-11-9-24(10-12-25)31-30(35)33(17-18-36-3)21-29(34)32(20-26-13-7-22(2)40-26)16-15-23-8-14-27(37-4)28(19-23)38-5/h7-14,19H,6,15-18,20-21H2,1-5H3,(H,31,35). The molecule has 10 heteroatoms. The summed E-state index contributed by atoms with van der Waals surface area (Å²) >= 11 is 1.66. The predicted octanol–water partition coefficient (Wildman–Crippen LogP) is 5.22. The van der Waals surface area contributed by atoms with Gasteiger partial charge in [-0.05, 0) is 74.4 Å². The summed E-state index contributed by atoms with van der Waals surface area (Å²) in [5, 5.41) is 2.88. The molecule has 0 radical (unpaired) electrons. The van der Waals surface area contributed by atoms with E-state index in [-0.39, 0.29) is 25.0 Å². The smallest absolute Gasteiger partial charge is 0.322 e. The van der Waals surface area contributed by atoms with E-state index in [1.807, 2.05) is 44.2 Å². The van der Waals surface area contributed by atoms with Gasteiger partial charge in [-0.1, -0.05) is 6.07 Å². The molecule has 9 nitrogen and oxygen atoms in total. The number of amides is 3. The molecule has 0 aliphatic heterocycles. The van der Waals surface area contributed by atoms with E-state index >= 15 is 0 Å². The Morgan fingerprint density at radius 2 is 1.65 bits per heavy atom. The fourth-order valence-electron chi connectivity index (χ4n) is 4.07. The molecule has 216 valence electrons. The summed E-state index contributed by atoms with van der Waals surface area (Å²) in [5.74, 6) is 1.87. The van der Waals surface area contributed by atoms with Crippen LogP contribution in [-0.2, 0) is 22.5 Å². The number of aryl methyl sites for hydroxylation is 1. The summed E-state index contributed by atoms with van der Waals surface area (Å²) in [6.45, 7) is 5.95. The number of thiophene rings is 1. The Hall–Kier alpha value is -3.76. The number of methoxy groups -OCH3 is 3. The zero-order valence-electron chi connectivity index (χ0n) is 23.9. The molecule has 0 fully saturated rings. The van der Waals surface area contributed by atoms with E-state index in [4.69, 9.17) is 18.9 Å². The highest BCUT2D eigenvalue weighted by Crippen LogP contribution is 2.28. The molecule has 3 aromatic rings. The molecule has 3 rings (SSSR count). The normalized spacial score (nSPS) is 10.6. The van der Waals surface area contributed by atoms with E-state index in [1.54, 1.807) is 61.8 Å². The maximum atomic E-state index is 13.7. The Morgan fingerprint density at radius 3 is 2.27 bits per heavy atom. The van der Waals surface area contributed by atoms with Crippen molar-refractivity contribution in [3.63, 3.8) is 0 Å². The number of anilines is 1. The molecule has 0 aliphatic carbocycles. The van der Waals surface area contributed by atoms with E-state index in [0.29, 0.717) is 49.9 Å². The van der Waals surface area contributed by atoms with E-state index in [2.05, 4.69) is 5.32 Å². The third-order valence-corrected chi connectivity index (χ3v) is 7.19. The zero-order valence-corrected chi connectivity index (χ0v) is 24.7. The van der Waals surface area contributed by atoms with Gasteiger partial charge in [0, 0.05) is 35.6 Å². The molecule has 1 heterocycles. The Morgan fingerprint density at radius 1 is 0.900 bits per heavy atom. The van der Waals surface area contributed by atoms with Crippen molar-refractivity contribution in [2.75, 3.05) is 59.5 Å². The van der Waals surface area contributed by atoms with E-state index in [1.165, 1.54) is 9.78 Å². The minimum absolute atomic E-state index is 0.0808. The first-order chi connectivity index (χ1) is 19.4. The predicted molar refractivity (Wildman–Crippen MR) is 158 cm³/mol. The molecule has 0 spiro atoms. The Balaban J connectivity index is 1.73. The number of benzene rings is 2. The second-order valence-electron chi connectivity index (χ2n) is 9.07. The largest absolute Gasteiger partial charge is 0.494 e. The maximum Gasteiger partial charge on any atom is 0.322 e. The van der Waals surface area contributed by atoms with Crippen LogP contribution < -0.4 is 19.5 Å². The Labute approximate surface area is 240 Å².